The highest BCUT2D eigenvalue weighted by Crippen LogP contribution is 2.15. The van der Waals surface area contributed by atoms with Crippen LogP contribution in [0.1, 0.15) is 12.8 Å². The van der Waals surface area contributed by atoms with Crippen LogP contribution in [-0.2, 0) is 6.42 Å². The summed E-state index contributed by atoms with van der Waals surface area (Å²) >= 11 is 1.75. The van der Waals surface area contributed by atoms with Gasteiger partial charge in [0.15, 0.2) is 0 Å². The zero-order chi connectivity index (χ0) is 12.3. The fourth-order valence-corrected chi connectivity index (χ4v) is 1.55. The number of aromatic nitrogens is 4. The van der Waals surface area contributed by atoms with Gasteiger partial charge in [0.2, 0.25) is 17.5 Å². The smallest absolute Gasteiger partial charge is 0.240 e. The quantitative estimate of drug-likeness (QED) is 0.878. The molecule has 2 aromatic rings. The summed E-state index contributed by atoms with van der Waals surface area (Å²) in [5.74, 6) is 1.74. The Morgan fingerprint density at radius 3 is 2.94 bits per heavy atom. The number of hydrogen-bond donors (Lipinski definition) is 1. The van der Waals surface area contributed by atoms with Crippen molar-refractivity contribution in [2.24, 2.45) is 0 Å². The predicted molar refractivity (Wildman–Crippen MR) is 66.4 cm³/mol. The van der Waals surface area contributed by atoms with Crippen molar-refractivity contribution in [1.82, 2.24) is 20.1 Å². The predicted octanol–water partition coefficient (Wildman–Crippen LogP) is 1.40. The van der Waals surface area contributed by atoms with Crippen LogP contribution in [0.4, 0.5) is 5.82 Å². The molecule has 0 radical (unpaired) electrons. The highest BCUT2D eigenvalue weighted by Gasteiger charge is 2.13. The van der Waals surface area contributed by atoms with E-state index in [0.29, 0.717) is 28.6 Å². The number of nitrogens with two attached hydrogens (primary N) is 1. The van der Waals surface area contributed by atoms with Crippen molar-refractivity contribution in [3.8, 4) is 11.6 Å². The lowest BCUT2D eigenvalue weighted by atomic mass is 10.3. The highest BCUT2D eigenvalue weighted by atomic mass is 32.2. The minimum atomic E-state index is 0.376. The Morgan fingerprint density at radius 1 is 1.41 bits per heavy atom. The first-order valence-corrected chi connectivity index (χ1v) is 6.42. The third kappa shape index (κ3) is 2.94. The van der Waals surface area contributed by atoms with Crippen LogP contribution in [0.3, 0.4) is 0 Å². The zero-order valence-electron chi connectivity index (χ0n) is 9.62. The molecule has 1 atom stereocenters. The van der Waals surface area contributed by atoms with Gasteiger partial charge < -0.3 is 10.3 Å². The molecule has 0 spiro atoms. The van der Waals surface area contributed by atoms with Crippen LogP contribution < -0.4 is 5.73 Å². The molecule has 6 nitrogen and oxygen atoms in total. The van der Waals surface area contributed by atoms with Crippen molar-refractivity contribution in [3.05, 3.63) is 18.2 Å². The van der Waals surface area contributed by atoms with Gasteiger partial charge in [0.1, 0.15) is 5.82 Å². The Labute approximate surface area is 103 Å². The molecule has 17 heavy (non-hydrogen) atoms. The molecule has 90 valence electrons. The molecule has 0 aliphatic carbocycles. The summed E-state index contributed by atoms with van der Waals surface area (Å²) in [4.78, 5) is 12.3. The highest BCUT2D eigenvalue weighted by molar-refractivity contribution is 7.99. The lowest BCUT2D eigenvalue weighted by Crippen LogP contribution is -2.01. The minimum Gasteiger partial charge on any atom is -0.384 e. The lowest BCUT2D eigenvalue weighted by molar-refractivity contribution is 0.378. The summed E-state index contributed by atoms with van der Waals surface area (Å²) in [5, 5.41) is 4.27. The molecule has 2 heterocycles. The summed E-state index contributed by atoms with van der Waals surface area (Å²) in [5.41, 5.74) is 5.56. The van der Waals surface area contributed by atoms with E-state index in [4.69, 9.17) is 10.3 Å². The molecule has 0 aromatic carbocycles. The van der Waals surface area contributed by atoms with Gasteiger partial charge >= 0.3 is 0 Å². The van der Waals surface area contributed by atoms with Gasteiger partial charge in [0.05, 0.1) is 0 Å². The van der Waals surface area contributed by atoms with E-state index in [0.717, 1.165) is 6.42 Å². The summed E-state index contributed by atoms with van der Waals surface area (Å²) in [6.45, 7) is 2.10. The van der Waals surface area contributed by atoms with Crippen LogP contribution in [-0.4, -0.2) is 31.6 Å². The average Bonchev–Trinajstić information content (AvgIpc) is 2.77. The molecule has 0 saturated heterocycles. The molecule has 0 aliphatic rings. The van der Waals surface area contributed by atoms with Crippen LogP contribution >= 0.6 is 11.8 Å². The van der Waals surface area contributed by atoms with Crippen molar-refractivity contribution in [1.29, 1.82) is 0 Å². The van der Waals surface area contributed by atoms with Crippen molar-refractivity contribution in [2.75, 3.05) is 12.0 Å². The Balaban J connectivity index is 2.18. The summed E-state index contributed by atoms with van der Waals surface area (Å²) in [6.07, 6.45) is 4.34. The fourth-order valence-electron chi connectivity index (χ4n) is 1.24. The number of nitrogen functional groups attached to an aromatic ring is 1. The number of nitrogens with zero attached hydrogens (tertiary/aromatic N) is 4. The summed E-state index contributed by atoms with van der Waals surface area (Å²) < 4.78 is 5.14. The van der Waals surface area contributed by atoms with Crippen LogP contribution in [0.5, 0.6) is 0 Å². The SMILES string of the molecule is CSC(C)Cc1nc(-c2nccc(N)n2)no1. The van der Waals surface area contributed by atoms with Crippen LogP contribution in [0.2, 0.25) is 0 Å². The molecular formula is C10H13N5OS. The molecule has 1 unspecified atom stereocenters. The van der Waals surface area contributed by atoms with E-state index < -0.39 is 0 Å². The van der Waals surface area contributed by atoms with E-state index in [1.807, 2.05) is 6.26 Å². The Bertz CT molecular complexity index is 501. The van der Waals surface area contributed by atoms with E-state index in [9.17, 15) is 0 Å². The molecule has 0 saturated carbocycles. The van der Waals surface area contributed by atoms with Crippen molar-refractivity contribution in [3.63, 3.8) is 0 Å². The molecule has 7 heteroatoms. The normalized spacial score (nSPS) is 12.6. The third-order valence-corrected chi connectivity index (χ3v) is 3.18. The van der Waals surface area contributed by atoms with E-state index in [-0.39, 0.29) is 0 Å². The number of rotatable bonds is 4. The Hall–Kier alpha value is -1.63. The van der Waals surface area contributed by atoms with E-state index in [1.54, 1.807) is 24.0 Å². The van der Waals surface area contributed by atoms with Crippen LogP contribution in [0.15, 0.2) is 16.8 Å². The van der Waals surface area contributed by atoms with Gasteiger partial charge in [-0.25, -0.2) is 9.97 Å². The largest absolute Gasteiger partial charge is 0.384 e. The average molecular weight is 251 g/mol. The van der Waals surface area contributed by atoms with Crippen LogP contribution in [0.25, 0.3) is 11.6 Å². The Morgan fingerprint density at radius 2 is 2.24 bits per heavy atom. The zero-order valence-corrected chi connectivity index (χ0v) is 10.4. The molecule has 2 N–H and O–H groups in total. The standard InChI is InChI=1S/C10H13N5OS/c1-6(17-2)5-8-14-10(15-16-8)9-12-4-3-7(11)13-9/h3-4,6H,5H2,1-2H3,(H2,11,12,13). The fraction of sp³-hybridized carbons (Fsp3) is 0.400. The third-order valence-electron chi connectivity index (χ3n) is 2.21. The maximum Gasteiger partial charge on any atom is 0.240 e. The second-order valence-electron chi connectivity index (χ2n) is 3.57. The van der Waals surface area contributed by atoms with Gasteiger partial charge in [-0.1, -0.05) is 12.1 Å². The van der Waals surface area contributed by atoms with E-state index >= 15 is 0 Å². The van der Waals surface area contributed by atoms with Gasteiger partial charge in [-0.15, -0.1) is 0 Å². The molecule has 0 fully saturated rings. The summed E-state index contributed by atoms with van der Waals surface area (Å²) in [6, 6.07) is 1.61. The monoisotopic (exact) mass is 251 g/mol. The maximum atomic E-state index is 5.56. The first-order chi connectivity index (χ1) is 8.19. The number of anilines is 1. The molecule has 2 aromatic heterocycles. The second-order valence-corrected chi connectivity index (χ2v) is 4.84. The van der Waals surface area contributed by atoms with E-state index in [1.165, 1.54) is 0 Å². The van der Waals surface area contributed by atoms with Gasteiger partial charge in [-0.2, -0.15) is 16.7 Å². The van der Waals surface area contributed by atoms with Crippen molar-refractivity contribution >= 4 is 17.6 Å². The topological polar surface area (TPSA) is 90.7 Å². The molecule has 2 rings (SSSR count). The number of hydrogen-bond acceptors (Lipinski definition) is 7. The first kappa shape index (κ1) is 11.8. The Kier molecular flexibility index (Phi) is 3.58. The molecular weight excluding hydrogens is 238 g/mol. The van der Waals surface area contributed by atoms with Gasteiger partial charge in [0, 0.05) is 17.9 Å². The van der Waals surface area contributed by atoms with Gasteiger partial charge in [-0.3, -0.25) is 0 Å². The van der Waals surface area contributed by atoms with Crippen molar-refractivity contribution < 1.29 is 4.52 Å². The molecule has 0 amide bonds. The van der Waals surface area contributed by atoms with Gasteiger partial charge in [-0.05, 0) is 12.3 Å². The summed E-state index contributed by atoms with van der Waals surface area (Å²) in [7, 11) is 0. The number of thioether (sulfide) groups is 1. The molecule has 0 bridgehead atoms. The van der Waals surface area contributed by atoms with Crippen LogP contribution in [0, 0.1) is 0 Å². The van der Waals surface area contributed by atoms with E-state index in [2.05, 4.69) is 27.0 Å². The molecule has 0 aliphatic heterocycles. The van der Waals surface area contributed by atoms with Gasteiger partial charge in [0.25, 0.3) is 0 Å². The first-order valence-electron chi connectivity index (χ1n) is 5.13. The van der Waals surface area contributed by atoms with Crippen molar-refractivity contribution in [2.45, 2.75) is 18.6 Å². The maximum absolute atomic E-state index is 5.56. The minimum absolute atomic E-state index is 0.376. The second kappa shape index (κ2) is 5.13. The lowest BCUT2D eigenvalue weighted by Gasteiger charge is -2.01.